The van der Waals surface area contributed by atoms with Crippen molar-refractivity contribution in [1.29, 1.82) is 0 Å². The van der Waals surface area contributed by atoms with Crippen molar-refractivity contribution in [2.75, 3.05) is 50.6 Å². The summed E-state index contributed by atoms with van der Waals surface area (Å²) in [6.07, 6.45) is 1.81. The summed E-state index contributed by atoms with van der Waals surface area (Å²) in [5.74, 6) is 3.49. The Kier molecular flexibility index (Phi) is 9.97. The van der Waals surface area contributed by atoms with E-state index in [9.17, 15) is 0 Å². The topological polar surface area (TPSA) is 80.8 Å². The Morgan fingerprint density at radius 2 is 1.49 bits per heavy atom. The van der Waals surface area contributed by atoms with Crippen molar-refractivity contribution in [1.82, 2.24) is 14.9 Å². The largest absolute Gasteiger partial charge is 0.495 e. The molecule has 4 rings (SSSR count). The Labute approximate surface area is 231 Å². The number of anilines is 4. The molecular formula is C31H37N5O3. The molecule has 0 atom stereocenters. The minimum absolute atomic E-state index is 0.470. The summed E-state index contributed by atoms with van der Waals surface area (Å²) in [6.45, 7) is 10.5. The Morgan fingerprint density at radius 1 is 0.795 bits per heavy atom. The maximum Gasteiger partial charge on any atom is 0.229 e. The molecule has 0 saturated carbocycles. The van der Waals surface area contributed by atoms with Crippen LogP contribution in [0.15, 0.2) is 79.0 Å². The van der Waals surface area contributed by atoms with Crippen LogP contribution in [0.5, 0.6) is 17.2 Å². The summed E-state index contributed by atoms with van der Waals surface area (Å²) in [5.41, 5.74) is 3.49. The van der Waals surface area contributed by atoms with Crippen LogP contribution < -0.4 is 24.8 Å². The third kappa shape index (κ3) is 7.61. The lowest BCUT2D eigenvalue weighted by Crippen LogP contribution is -2.27. The van der Waals surface area contributed by atoms with Gasteiger partial charge in [0.25, 0.3) is 0 Å². The maximum absolute atomic E-state index is 5.91. The zero-order chi connectivity index (χ0) is 27.5. The van der Waals surface area contributed by atoms with Gasteiger partial charge >= 0.3 is 0 Å². The number of hydrogen-bond donors (Lipinski definition) is 2. The highest BCUT2D eigenvalue weighted by Crippen LogP contribution is 2.34. The van der Waals surface area contributed by atoms with Gasteiger partial charge in [0.15, 0.2) is 0 Å². The maximum atomic E-state index is 5.91. The van der Waals surface area contributed by atoms with E-state index in [1.165, 1.54) is 0 Å². The normalized spacial score (nSPS) is 10.8. The molecule has 0 aliphatic rings. The van der Waals surface area contributed by atoms with Crippen molar-refractivity contribution < 1.29 is 14.2 Å². The van der Waals surface area contributed by atoms with Crippen LogP contribution in [0.4, 0.5) is 23.1 Å². The molecule has 204 valence electrons. The number of hydrogen-bond acceptors (Lipinski definition) is 8. The highest BCUT2D eigenvalue weighted by molar-refractivity contribution is 5.80. The van der Waals surface area contributed by atoms with Gasteiger partial charge < -0.3 is 29.7 Å². The molecule has 0 unspecified atom stereocenters. The first kappa shape index (κ1) is 27.7. The molecule has 8 heteroatoms. The van der Waals surface area contributed by atoms with Gasteiger partial charge in [0.2, 0.25) is 5.95 Å². The summed E-state index contributed by atoms with van der Waals surface area (Å²) < 4.78 is 17.1. The first-order chi connectivity index (χ1) is 19.1. The van der Waals surface area contributed by atoms with E-state index < -0.39 is 0 Å². The number of ether oxygens (including phenoxy) is 3. The molecule has 0 aliphatic carbocycles. The van der Waals surface area contributed by atoms with Crippen LogP contribution in [-0.2, 0) is 0 Å². The smallest absolute Gasteiger partial charge is 0.229 e. The van der Waals surface area contributed by atoms with Gasteiger partial charge in [-0.2, -0.15) is 4.98 Å². The van der Waals surface area contributed by atoms with Gasteiger partial charge in [-0.05, 0) is 74.1 Å². The molecule has 0 bridgehead atoms. The molecule has 39 heavy (non-hydrogen) atoms. The number of methoxy groups -OCH3 is 1. The minimum Gasteiger partial charge on any atom is -0.495 e. The third-order valence-corrected chi connectivity index (χ3v) is 6.31. The van der Waals surface area contributed by atoms with Crippen LogP contribution >= 0.6 is 0 Å². The summed E-state index contributed by atoms with van der Waals surface area (Å²) in [7, 11) is 1.65. The predicted molar refractivity (Wildman–Crippen MR) is 158 cm³/mol. The fourth-order valence-corrected chi connectivity index (χ4v) is 4.12. The number of nitrogens with zero attached hydrogens (tertiary/aromatic N) is 3. The zero-order valence-electron chi connectivity index (χ0n) is 23.1. The summed E-state index contributed by atoms with van der Waals surface area (Å²) in [4.78, 5) is 11.8. The molecule has 0 aliphatic heterocycles. The van der Waals surface area contributed by atoms with E-state index in [0.29, 0.717) is 25.0 Å². The van der Waals surface area contributed by atoms with E-state index in [4.69, 9.17) is 19.2 Å². The molecular weight excluding hydrogens is 490 g/mol. The quantitative estimate of drug-likeness (QED) is 0.186. The van der Waals surface area contributed by atoms with E-state index in [2.05, 4.69) is 34.4 Å². The number of aromatic nitrogens is 2. The van der Waals surface area contributed by atoms with Crippen LogP contribution in [0.1, 0.15) is 20.8 Å². The van der Waals surface area contributed by atoms with Gasteiger partial charge in [0.1, 0.15) is 29.7 Å². The molecule has 0 radical (unpaired) electrons. The Bertz CT molecular complexity index is 1310. The van der Waals surface area contributed by atoms with E-state index in [1.54, 1.807) is 7.11 Å². The Morgan fingerprint density at radius 3 is 2.18 bits per heavy atom. The van der Waals surface area contributed by atoms with E-state index in [0.717, 1.165) is 59.4 Å². The van der Waals surface area contributed by atoms with Crippen LogP contribution in [0.25, 0.3) is 11.1 Å². The highest BCUT2D eigenvalue weighted by Gasteiger charge is 2.13. The molecule has 3 aromatic carbocycles. The number of likely N-dealkylation sites (N-methyl/N-ethyl adjacent to an activating group) is 1. The highest BCUT2D eigenvalue weighted by atomic mass is 16.5. The molecule has 2 N–H and O–H groups in total. The first-order valence-electron chi connectivity index (χ1n) is 13.4. The van der Waals surface area contributed by atoms with Crippen LogP contribution in [0, 0.1) is 0 Å². The first-order valence-corrected chi connectivity index (χ1v) is 13.4. The molecule has 0 saturated heterocycles. The van der Waals surface area contributed by atoms with Crippen molar-refractivity contribution in [3.63, 3.8) is 0 Å². The average Bonchev–Trinajstić information content (AvgIpc) is 2.97. The SMILES string of the molecule is CCOc1ccc(-c2cnc(Nc3ccc(OCCN(CC)CC)cc3)nc2Nc2ccccc2OC)cc1. The zero-order valence-corrected chi connectivity index (χ0v) is 23.1. The summed E-state index contributed by atoms with van der Waals surface area (Å²) in [5, 5.41) is 6.74. The second-order valence-corrected chi connectivity index (χ2v) is 8.76. The molecule has 8 nitrogen and oxygen atoms in total. The Hall–Kier alpha value is -4.30. The molecule has 4 aromatic rings. The van der Waals surface area contributed by atoms with Crippen molar-refractivity contribution in [3.8, 4) is 28.4 Å². The predicted octanol–water partition coefficient (Wildman–Crippen LogP) is 6.76. The number of benzene rings is 3. The second kappa shape index (κ2) is 14.0. The van der Waals surface area contributed by atoms with Gasteiger partial charge in [0.05, 0.1) is 19.4 Å². The lowest BCUT2D eigenvalue weighted by molar-refractivity contribution is 0.223. The van der Waals surface area contributed by atoms with Crippen molar-refractivity contribution in [2.24, 2.45) is 0 Å². The molecule has 0 fully saturated rings. The van der Waals surface area contributed by atoms with Crippen molar-refractivity contribution in [2.45, 2.75) is 20.8 Å². The average molecular weight is 528 g/mol. The van der Waals surface area contributed by atoms with Gasteiger partial charge in [0, 0.05) is 24.0 Å². The minimum atomic E-state index is 0.470. The standard InChI is InChI=1S/C31H37N5O3/c1-5-36(6-2)20-21-39-26-18-14-24(15-19-26)33-31-32-22-27(23-12-16-25(17-13-23)38-7-3)30(35-31)34-28-10-8-9-11-29(28)37-4/h8-19,22H,5-7,20-21H2,1-4H3,(H2,32,33,34,35). The lowest BCUT2D eigenvalue weighted by Gasteiger charge is -2.18. The second-order valence-electron chi connectivity index (χ2n) is 8.76. The van der Waals surface area contributed by atoms with Gasteiger partial charge in [-0.1, -0.05) is 38.1 Å². The fourth-order valence-electron chi connectivity index (χ4n) is 4.12. The number of para-hydroxylation sites is 2. The van der Waals surface area contributed by atoms with Crippen LogP contribution in [0.3, 0.4) is 0 Å². The Balaban J connectivity index is 1.54. The molecule has 1 aromatic heterocycles. The molecule has 0 amide bonds. The van der Waals surface area contributed by atoms with E-state index in [-0.39, 0.29) is 0 Å². The number of rotatable bonds is 14. The molecule has 0 spiro atoms. The van der Waals surface area contributed by atoms with Crippen LogP contribution in [-0.4, -0.2) is 54.8 Å². The van der Waals surface area contributed by atoms with Gasteiger partial charge in [-0.3, -0.25) is 0 Å². The van der Waals surface area contributed by atoms with E-state index >= 15 is 0 Å². The molecule has 1 heterocycles. The van der Waals surface area contributed by atoms with Crippen molar-refractivity contribution >= 4 is 23.1 Å². The van der Waals surface area contributed by atoms with Crippen LogP contribution in [0.2, 0.25) is 0 Å². The summed E-state index contributed by atoms with van der Waals surface area (Å²) in [6, 6.07) is 23.5. The lowest BCUT2D eigenvalue weighted by atomic mass is 10.1. The summed E-state index contributed by atoms with van der Waals surface area (Å²) >= 11 is 0. The van der Waals surface area contributed by atoms with Crippen molar-refractivity contribution in [3.05, 3.63) is 79.0 Å². The van der Waals surface area contributed by atoms with Gasteiger partial charge in [-0.25, -0.2) is 4.98 Å². The third-order valence-electron chi connectivity index (χ3n) is 6.31. The van der Waals surface area contributed by atoms with Gasteiger partial charge in [-0.15, -0.1) is 0 Å². The fraction of sp³-hybridized carbons (Fsp3) is 0.290. The number of nitrogens with one attached hydrogen (secondary N) is 2. The monoisotopic (exact) mass is 527 g/mol. The van der Waals surface area contributed by atoms with E-state index in [1.807, 2.05) is 85.9 Å².